The monoisotopic (exact) mass is 264 g/mol. The van der Waals surface area contributed by atoms with E-state index in [0.29, 0.717) is 13.2 Å². The van der Waals surface area contributed by atoms with Crippen LogP contribution in [0, 0.1) is 0 Å². The van der Waals surface area contributed by atoms with Crippen molar-refractivity contribution in [3.63, 3.8) is 0 Å². The lowest BCUT2D eigenvalue weighted by atomic mass is 10.0. The molecule has 0 aliphatic carbocycles. The Morgan fingerprint density at radius 1 is 1.26 bits per heavy atom. The van der Waals surface area contributed by atoms with Crippen LogP contribution in [-0.4, -0.2) is 38.3 Å². The molecule has 0 radical (unpaired) electrons. The number of likely N-dealkylation sites (N-methyl/N-ethyl adjacent to an activating group) is 1. The minimum absolute atomic E-state index is 0.233. The quantitative estimate of drug-likeness (QED) is 0.885. The molecule has 2 N–H and O–H groups in total. The van der Waals surface area contributed by atoms with Crippen LogP contribution in [0.4, 0.5) is 0 Å². The summed E-state index contributed by atoms with van der Waals surface area (Å²) in [5.41, 5.74) is 7.13. The molecule has 0 aromatic heterocycles. The number of fused-ring (bicyclic) bond motifs is 1. The molecule has 0 spiro atoms. The van der Waals surface area contributed by atoms with Crippen LogP contribution in [0.5, 0.6) is 11.5 Å². The third-order valence-electron chi connectivity index (χ3n) is 3.49. The zero-order valence-electron chi connectivity index (χ0n) is 11.9. The van der Waals surface area contributed by atoms with E-state index in [1.165, 1.54) is 5.56 Å². The van der Waals surface area contributed by atoms with Crippen molar-refractivity contribution in [3.05, 3.63) is 23.8 Å². The Morgan fingerprint density at radius 2 is 2.00 bits per heavy atom. The fraction of sp³-hybridized carbons (Fsp3) is 0.600. The van der Waals surface area contributed by atoms with Crippen LogP contribution in [0.15, 0.2) is 18.2 Å². The molecule has 19 heavy (non-hydrogen) atoms. The Kier molecular flexibility index (Phi) is 5.05. The molecule has 1 unspecified atom stereocenters. The second-order valence-electron chi connectivity index (χ2n) is 4.99. The van der Waals surface area contributed by atoms with Crippen molar-refractivity contribution in [2.24, 2.45) is 5.73 Å². The molecule has 0 saturated heterocycles. The van der Waals surface area contributed by atoms with Crippen molar-refractivity contribution in [3.8, 4) is 11.5 Å². The first-order valence-corrected chi connectivity index (χ1v) is 7.06. The van der Waals surface area contributed by atoms with Gasteiger partial charge in [-0.3, -0.25) is 4.90 Å². The van der Waals surface area contributed by atoms with E-state index in [0.717, 1.165) is 37.5 Å². The van der Waals surface area contributed by atoms with Crippen molar-refractivity contribution in [2.75, 3.05) is 33.4 Å². The average molecular weight is 264 g/mol. The zero-order valence-corrected chi connectivity index (χ0v) is 11.9. The van der Waals surface area contributed by atoms with Crippen molar-refractivity contribution in [1.82, 2.24) is 4.90 Å². The summed E-state index contributed by atoms with van der Waals surface area (Å²) >= 11 is 0. The molecule has 0 amide bonds. The second kappa shape index (κ2) is 6.78. The van der Waals surface area contributed by atoms with E-state index in [2.05, 4.69) is 31.0 Å². The van der Waals surface area contributed by atoms with Gasteiger partial charge >= 0.3 is 0 Å². The molecule has 0 fully saturated rings. The molecule has 1 aliphatic rings. The largest absolute Gasteiger partial charge is 0.490 e. The van der Waals surface area contributed by atoms with E-state index >= 15 is 0 Å². The summed E-state index contributed by atoms with van der Waals surface area (Å²) in [6.45, 7) is 5.27. The summed E-state index contributed by atoms with van der Waals surface area (Å²) in [6, 6.07) is 6.40. The molecule has 4 heteroatoms. The van der Waals surface area contributed by atoms with Crippen LogP contribution in [0.2, 0.25) is 0 Å². The maximum Gasteiger partial charge on any atom is 0.161 e. The van der Waals surface area contributed by atoms with Gasteiger partial charge in [0.05, 0.1) is 13.2 Å². The van der Waals surface area contributed by atoms with Crippen molar-refractivity contribution in [2.45, 2.75) is 25.8 Å². The van der Waals surface area contributed by atoms with Crippen LogP contribution in [0.25, 0.3) is 0 Å². The van der Waals surface area contributed by atoms with Gasteiger partial charge in [0, 0.05) is 19.0 Å². The number of nitrogens with zero attached hydrogens (tertiary/aromatic N) is 1. The number of benzene rings is 1. The van der Waals surface area contributed by atoms with Gasteiger partial charge in [-0.15, -0.1) is 0 Å². The standard InChI is InChI=1S/C15H24N2O2/c1-3-7-17(2)13(11-16)12-5-6-14-15(10-12)19-9-4-8-18-14/h5-6,10,13H,3-4,7-9,11,16H2,1-2H3. The Morgan fingerprint density at radius 3 is 2.68 bits per heavy atom. The molecule has 1 aliphatic heterocycles. The molecule has 2 rings (SSSR count). The lowest BCUT2D eigenvalue weighted by Crippen LogP contribution is -2.31. The Labute approximate surface area is 115 Å². The van der Waals surface area contributed by atoms with E-state index in [1.54, 1.807) is 0 Å². The summed E-state index contributed by atoms with van der Waals surface area (Å²) < 4.78 is 11.4. The van der Waals surface area contributed by atoms with Crippen LogP contribution in [0.1, 0.15) is 31.4 Å². The molecular weight excluding hydrogens is 240 g/mol. The Balaban J connectivity index is 2.21. The van der Waals surface area contributed by atoms with E-state index in [-0.39, 0.29) is 6.04 Å². The molecule has 1 aromatic carbocycles. The van der Waals surface area contributed by atoms with Crippen molar-refractivity contribution in [1.29, 1.82) is 0 Å². The molecule has 1 aromatic rings. The lowest BCUT2D eigenvalue weighted by molar-refractivity contribution is 0.249. The molecule has 0 bridgehead atoms. The lowest BCUT2D eigenvalue weighted by Gasteiger charge is -2.27. The van der Waals surface area contributed by atoms with Gasteiger partial charge in [-0.1, -0.05) is 13.0 Å². The highest BCUT2D eigenvalue weighted by atomic mass is 16.5. The van der Waals surface area contributed by atoms with Gasteiger partial charge in [-0.2, -0.15) is 0 Å². The Bertz CT molecular complexity index is 409. The third kappa shape index (κ3) is 3.39. The highest BCUT2D eigenvalue weighted by molar-refractivity contribution is 5.44. The number of hydrogen-bond donors (Lipinski definition) is 1. The molecule has 4 nitrogen and oxygen atoms in total. The van der Waals surface area contributed by atoms with Gasteiger partial charge in [0.25, 0.3) is 0 Å². The second-order valence-corrected chi connectivity index (χ2v) is 4.99. The first-order valence-electron chi connectivity index (χ1n) is 7.06. The number of rotatable bonds is 5. The predicted molar refractivity (Wildman–Crippen MR) is 76.8 cm³/mol. The number of nitrogens with two attached hydrogens (primary N) is 1. The topological polar surface area (TPSA) is 47.7 Å². The minimum atomic E-state index is 0.233. The molecule has 106 valence electrons. The van der Waals surface area contributed by atoms with Gasteiger partial charge in [-0.05, 0) is 37.7 Å². The van der Waals surface area contributed by atoms with E-state index in [9.17, 15) is 0 Å². The summed E-state index contributed by atoms with van der Waals surface area (Å²) in [5.74, 6) is 1.69. The predicted octanol–water partition coefficient (Wildman–Crippen LogP) is 2.19. The Hall–Kier alpha value is -1.26. The first-order chi connectivity index (χ1) is 9.26. The average Bonchev–Trinajstić information content (AvgIpc) is 2.64. The maximum absolute atomic E-state index is 5.93. The van der Waals surface area contributed by atoms with Crippen LogP contribution >= 0.6 is 0 Å². The van der Waals surface area contributed by atoms with E-state index in [4.69, 9.17) is 15.2 Å². The highest BCUT2D eigenvalue weighted by Crippen LogP contribution is 2.33. The van der Waals surface area contributed by atoms with Crippen LogP contribution in [-0.2, 0) is 0 Å². The van der Waals surface area contributed by atoms with Gasteiger partial charge in [0.15, 0.2) is 11.5 Å². The fourth-order valence-electron chi connectivity index (χ4n) is 2.47. The third-order valence-corrected chi connectivity index (χ3v) is 3.49. The smallest absolute Gasteiger partial charge is 0.161 e. The number of ether oxygens (including phenoxy) is 2. The first kappa shape index (κ1) is 14.2. The van der Waals surface area contributed by atoms with Crippen molar-refractivity contribution < 1.29 is 9.47 Å². The molecular formula is C15H24N2O2. The number of hydrogen-bond acceptors (Lipinski definition) is 4. The van der Waals surface area contributed by atoms with Gasteiger partial charge in [0.2, 0.25) is 0 Å². The maximum atomic E-state index is 5.93. The van der Waals surface area contributed by atoms with Gasteiger partial charge < -0.3 is 15.2 Å². The van der Waals surface area contributed by atoms with Crippen LogP contribution in [0.3, 0.4) is 0 Å². The van der Waals surface area contributed by atoms with Crippen molar-refractivity contribution >= 4 is 0 Å². The summed E-state index contributed by atoms with van der Waals surface area (Å²) in [6.07, 6.45) is 2.05. The summed E-state index contributed by atoms with van der Waals surface area (Å²) in [7, 11) is 2.12. The summed E-state index contributed by atoms with van der Waals surface area (Å²) in [4.78, 5) is 2.29. The normalized spacial score (nSPS) is 16.2. The van der Waals surface area contributed by atoms with Gasteiger partial charge in [-0.25, -0.2) is 0 Å². The van der Waals surface area contributed by atoms with Gasteiger partial charge in [0.1, 0.15) is 0 Å². The van der Waals surface area contributed by atoms with E-state index in [1.807, 2.05) is 6.07 Å². The highest BCUT2D eigenvalue weighted by Gasteiger charge is 2.18. The SMILES string of the molecule is CCCN(C)C(CN)c1ccc2c(c1)OCCCO2. The van der Waals surface area contributed by atoms with Crippen LogP contribution < -0.4 is 15.2 Å². The summed E-state index contributed by atoms with van der Waals surface area (Å²) in [5, 5.41) is 0. The minimum Gasteiger partial charge on any atom is -0.490 e. The molecule has 0 saturated carbocycles. The van der Waals surface area contributed by atoms with E-state index < -0.39 is 0 Å². The zero-order chi connectivity index (χ0) is 13.7. The molecule has 1 heterocycles. The molecule has 1 atom stereocenters. The fourth-order valence-corrected chi connectivity index (χ4v) is 2.47.